The van der Waals surface area contributed by atoms with Crippen molar-refractivity contribution in [3.8, 4) is 11.5 Å². The van der Waals surface area contributed by atoms with Crippen molar-refractivity contribution in [1.29, 1.82) is 0 Å². The molecule has 0 bridgehead atoms. The van der Waals surface area contributed by atoms with Gasteiger partial charge in [-0.05, 0) is 59.7 Å². The van der Waals surface area contributed by atoms with Gasteiger partial charge < -0.3 is 9.47 Å². The van der Waals surface area contributed by atoms with E-state index in [4.69, 9.17) is 21.1 Å². The Bertz CT molecular complexity index is 911. The Morgan fingerprint density at radius 1 is 0.893 bits per heavy atom. The highest BCUT2D eigenvalue weighted by Crippen LogP contribution is 2.15. The van der Waals surface area contributed by atoms with Gasteiger partial charge in [0.15, 0.2) is 6.61 Å². The number of carbonyl (C=O) groups is 1. The summed E-state index contributed by atoms with van der Waals surface area (Å²) in [7, 11) is 0. The van der Waals surface area contributed by atoms with Crippen LogP contribution < -0.4 is 14.9 Å². The molecule has 1 amide bonds. The minimum atomic E-state index is -0.331. The number of nitrogens with one attached hydrogen (secondary N) is 1. The van der Waals surface area contributed by atoms with Crippen LogP contribution in [-0.2, 0) is 11.4 Å². The number of amides is 1. The van der Waals surface area contributed by atoms with Gasteiger partial charge in [-0.3, -0.25) is 4.79 Å². The maximum absolute atomic E-state index is 11.7. The highest BCUT2D eigenvalue weighted by Gasteiger charge is 2.01. The summed E-state index contributed by atoms with van der Waals surface area (Å²) in [5, 5.41) is 4.63. The summed E-state index contributed by atoms with van der Waals surface area (Å²) in [6.45, 7) is 0.362. The van der Waals surface area contributed by atoms with E-state index in [1.165, 1.54) is 0 Å². The van der Waals surface area contributed by atoms with Crippen molar-refractivity contribution < 1.29 is 14.3 Å². The molecule has 0 unspecified atom stereocenters. The van der Waals surface area contributed by atoms with Crippen molar-refractivity contribution in [3.63, 3.8) is 0 Å². The van der Waals surface area contributed by atoms with Crippen LogP contribution in [0.15, 0.2) is 84.0 Å². The van der Waals surface area contributed by atoms with Gasteiger partial charge in [-0.1, -0.05) is 41.9 Å². The predicted octanol–water partition coefficient (Wildman–Crippen LogP) is 4.45. The van der Waals surface area contributed by atoms with Gasteiger partial charge in [0.05, 0.1) is 6.21 Å². The van der Waals surface area contributed by atoms with E-state index in [0.717, 1.165) is 16.9 Å². The van der Waals surface area contributed by atoms with Gasteiger partial charge in [-0.25, -0.2) is 5.43 Å². The number of rotatable bonds is 8. The lowest BCUT2D eigenvalue weighted by atomic mass is 10.2. The predicted molar refractivity (Wildman–Crippen MR) is 110 cm³/mol. The topological polar surface area (TPSA) is 59.9 Å². The van der Waals surface area contributed by atoms with Gasteiger partial charge in [0, 0.05) is 5.02 Å². The number of benzene rings is 3. The third-order valence-corrected chi connectivity index (χ3v) is 3.97. The van der Waals surface area contributed by atoms with Crippen LogP contribution in [0.5, 0.6) is 11.5 Å². The molecular weight excluding hydrogens is 376 g/mol. The van der Waals surface area contributed by atoms with Crippen molar-refractivity contribution in [2.75, 3.05) is 6.61 Å². The first-order valence-corrected chi connectivity index (χ1v) is 9.04. The summed E-state index contributed by atoms with van der Waals surface area (Å²) in [6.07, 6.45) is 1.56. The van der Waals surface area contributed by atoms with E-state index in [-0.39, 0.29) is 12.5 Å². The van der Waals surface area contributed by atoms with Gasteiger partial charge in [0.2, 0.25) is 0 Å². The van der Waals surface area contributed by atoms with E-state index < -0.39 is 0 Å². The number of halogens is 1. The van der Waals surface area contributed by atoms with Crippen LogP contribution in [0.1, 0.15) is 11.1 Å². The molecule has 0 fully saturated rings. The van der Waals surface area contributed by atoms with Gasteiger partial charge in [0.1, 0.15) is 18.1 Å². The number of hydrogen-bond donors (Lipinski definition) is 1. The molecule has 0 heterocycles. The summed E-state index contributed by atoms with van der Waals surface area (Å²) in [5.74, 6) is 1.05. The fourth-order valence-electron chi connectivity index (χ4n) is 2.27. The zero-order valence-electron chi connectivity index (χ0n) is 15.0. The second kappa shape index (κ2) is 10.1. The first-order valence-electron chi connectivity index (χ1n) is 8.66. The molecule has 142 valence electrons. The number of hydrogen-bond acceptors (Lipinski definition) is 4. The van der Waals surface area contributed by atoms with Crippen molar-refractivity contribution >= 4 is 23.7 Å². The highest BCUT2D eigenvalue weighted by molar-refractivity contribution is 6.30. The Morgan fingerprint density at radius 3 is 2.29 bits per heavy atom. The first-order chi connectivity index (χ1) is 13.7. The quantitative estimate of drug-likeness (QED) is 0.453. The lowest BCUT2D eigenvalue weighted by molar-refractivity contribution is -0.123. The zero-order valence-corrected chi connectivity index (χ0v) is 15.8. The van der Waals surface area contributed by atoms with Crippen molar-refractivity contribution in [2.24, 2.45) is 5.10 Å². The fourth-order valence-corrected chi connectivity index (χ4v) is 2.40. The summed E-state index contributed by atoms with van der Waals surface area (Å²) >= 11 is 5.87. The Balaban J connectivity index is 1.41. The molecule has 28 heavy (non-hydrogen) atoms. The van der Waals surface area contributed by atoms with E-state index in [1.807, 2.05) is 66.7 Å². The van der Waals surface area contributed by atoms with Crippen LogP contribution in [0.2, 0.25) is 5.02 Å². The fraction of sp³-hybridized carbons (Fsp3) is 0.0909. The minimum absolute atomic E-state index is 0.0984. The minimum Gasteiger partial charge on any atom is -0.489 e. The second-order valence-corrected chi connectivity index (χ2v) is 6.32. The summed E-state index contributed by atoms with van der Waals surface area (Å²) < 4.78 is 11.1. The first kappa shape index (κ1) is 19.5. The summed E-state index contributed by atoms with van der Waals surface area (Å²) in [6, 6.07) is 24.0. The Morgan fingerprint density at radius 2 is 1.57 bits per heavy atom. The second-order valence-electron chi connectivity index (χ2n) is 5.88. The van der Waals surface area contributed by atoms with E-state index in [2.05, 4.69) is 10.5 Å². The Labute approximate surface area is 168 Å². The molecule has 0 aliphatic carbocycles. The number of hydrazone groups is 1. The normalized spacial score (nSPS) is 10.6. The SMILES string of the molecule is O=C(COc1ccccc1)N/N=C/c1ccc(OCc2ccc(Cl)cc2)cc1. The van der Waals surface area contributed by atoms with Gasteiger partial charge in [0.25, 0.3) is 5.91 Å². The molecule has 3 aromatic rings. The van der Waals surface area contributed by atoms with Crippen LogP contribution in [-0.4, -0.2) is 18.7 Å². The average molecular weight is 395 g/mol. The van der Waals surface area contributed by atoms with Gasteiger partial charge in [-0.15, -0.1) is 0 Å². The number of ether oxygens (including phenoxy) is 2. The van der Waals surface area contributed by atoms with Crippen LogP contribution in [0.3, 0.4) is 0 Å². The molecular formula is C22H19ClN2O3. The maximum Gasteiger partial charge on any atom is 0.277 e. The molecule has 5 nitrogen and oxygen atoms in total. The lowest BCUT2D eigenvalue weighted by Gasteiger charge is -2.06. The van der Waals surface area contributed by atoms with Crippen LogP contribution in [0, 0.1) is 0 Å². The summed E-state index contributed by atoms with van der Waals surface area (Å²) in [5.41, 5.74) is 4.30. The van der Waals surface area contributed by atoms with Crippen LogP contribution in [0.4, 0.5) is 0 Å². The molecule has 6 heteroatoms. The average Bonchev–Trinajstić information content (AvgIpc) is 2.73. The third-order valence-electron chi connectivity index (χ3n) is 3.71. The van der Waals surface area contributed by atoms with E-state index in [1.54, 1.807) is 18.3 Å². The van der Waals surface area contributed by atoms with Crippen LogP contribution in [0.25, 0.3) is 0 Å². The molecule has 0 radical (unpaired) electrons. The van der Waals surface area contributed by atoms with Gasteiger partial charge >= 0.3 is 0 Å². The molecule has 0 spiro atoms. The van der Waals surface area contributed by atoms with E-state index in [9.17, 15) is 4.79 Å². The van der Waals surface area contributed by atoms with E-state index >= 15 is 0 Å². The number of nitrogens with zero attached hydrogens (tertiary/aromatic N) is 1. The lowest BCUT2D eigenvalue weighted by Crippen LogP contribution is -2.24. The van der Waals surface area contributed by atoms with Crippen molar-refractivity contribution in [3.05, 3.63) is 95.0 Å². The van der Waals surface area contributed by atoms with Crippen molar-refractivity contribution in [2.45, 2.75) is 6.61 Å². The monoisotopic (exact) mass is 394 g/mol. The smallest absolute Gasteiger partial charge is 0.277 e. The Hall–Kier alpha value is -3.31. The zero-order chi connectivity index (χ0) is 19.6. The molecule has 3 aromatic carbocycles. The van der Waals surface area contributed by atoms with Crippen LogP contribution >= 0.6 is 11.6 Å². The molecule has 0 aromatic heterocycles. The summed E-state index contributed by atoms with van der Waals surface area (Å²) in [4.78, 5) is 11.7. The highest BCUT2D eigenvalue weighted by atomic mass is 35.5. The molecule has 1 N–H and O–H groups in total. The van der Waals surface area contributed by atoms with Crippen molar-refractivity contribution in [1.82, 2.24) is 5.43 Å². The molecule has 0 aliphatic rings. The van der Waals surface area contributed by atoms with E-state index in [0.29, 0.717) is 17.4 Å². The molecule has 0 saturated carbocycles. The molecule has 0 saturated heterocycles. The van der Waals surface area contributed by atoms with Gasteiger partial charge in [-0.2, -0.15) is 5.10 Å². The largest absolute Gasteiger partial charge is 0.489 e. The number of carbonyl (C=O) groups excluding carboxylic acids is 1. The molecule has 0 aliphatic heterocycles. The third kappa shape index (κ3) is 6.45. The Kier molecular flexibility index (Phi) is 7.04. The molecule has 0 atom stereocenters. The standard InChI is InChI=1S/C22H19ClN2O3/c23-19-10-6-18(7-11-19)15-27-21-12-8-17(9-13-21)14-24-25-22(26)16-28-20-4-2-1-3-5-20/h1-14H,15-16H2,(H,25,26)/b24-14+. The maximum atomic E-state index is 11.7. The molecule has 3 rings (SSSR count). The number of para-hydroxylation sites is 1.